The minimum atomic E-state index is -0.597. The number of amides is 1. The first-order valence-electron chi connectivity index (χ1n) is 7.15. The topological polar surface area (TPSA) is 41.1 Å². The number of carbonyl (C=O) groups excluding carboxylic acids is 1. The summed E-state index contributed by atoms with van der Waals surface area (Å²) >= 11 is 0. The standard InChI is InChI=1S/C18H22N2O/c1-18(2,19-3)17(21)20-16-12-8-7-11-15(16)13-14-9-5-4-6-10-14/h4-12,19H,13H2,1-3H3,(H,20,21). The van der Waals surface area contributed by atoms with Gasteiger partial charge in [-0.1, -0.05) is 48.5 Å². The van der Waals surface area contributed by atoms with Crippen molar-refractivity contribution in [2.24, 2.45) is 0 Å². The van der Waals surface area contributed by atoms with Gasteiger partial charge in [0.25, 0.3) is 0 Å². The Kier molecular flexibility index (Phi) is 4.76. The smallest absolute Gasteiger partial charge is 0.244 e. The fraction of sp³-hybridized carbons (Fsp3) is 0.278. The lowest BCUT2D eigenvalue weighted by Crippen LogP contribution is -2.48. The summed E-state index contributed by atoms with van der Waals surface area (Å²) in [6.45, 7) is 3.73. The molecular formula is C18H22N2O. The van der Waals surface area contributed by atoms with Gasteiger partial charge in [0.2, 0.25) is 5.91 Å². The maximum atomic E-state index is 12.3. The van der Waals surface area contributed by atoms with Crippen LogP contribution in [0.3, 0.4) is 0 Å². The van der Waals surface area contributed by atoms with E-state index in [2.05, 4.69) is 28.8 Å². The van der Waals surface area contributed by atoms with E-state index in [1.165, 1.54) is 5.56 Å². The zero-order chi connectivity index (χ0) is 15.3. The van der Waals surface area contributed by atoms with Gasteiger partial charge >= 0.3 is 0 Å². The molecule has 0 aliphatic rings. The minimum Gasteiger partial charge on any atom is -0.324 e. The number of anilines is 1. The highest BCUT2D eigenvalue weighted by Crippen LogP contribution is 2.20. The summed E-state index contributed by atoms with van der Waals surface area (Å²) in [5, 5.41) is 6.04. The van der Waals surface area contributed by atoms with Gasteiger partial charge in [-0.2, -0.15) is 0 Å². The normalized spacial score (nSPS) is 11.2. The lowest BCUT2D eigenvalue weighted by molar-refractivity contribution is -0.121. The summed E-state index contributed by atoms with van der Waals surface area (Å²) in [5.74, 6) is -0.0366. The highest BCUT2D eigenvalue weighted by molar-refractivity contribution is 5.98. The number of rotatable bonds is 5. The SMILES string of the molecule is CNC(C)(C)C(=O)Nc1ccccc1Cc1ccccc1. The summed E-state index contributed by atoms with van der Waals surface area (Å²) in [5.41, 5.74) is 2.62. The van der Waals surface area contributed by atoms with E-state index in [9.17, 15) is 4.79 Å². The fourth-order valence-corrected chi connectivity index (χ4v) is 2.00. The number of benzene rings is 2. The Labute approximate surface area is 126 Å². The summed E-state index contributed by atoms with van der Waals surface area (Å²) in [6, 6.07) is 18.2. The fourth-order valence-electron chi connectivity index (χ4n) is 2.00. The third-order valence-electron chi connectivity index (χ3n) is 3.70. The minimum absolute atomic E-state index is 0.0366. The van der Waals surface area contributed by atoms with E-state index in [4.69, 9.17) is 0 Å². The van der Waals surface area contributed by atoms with Crippen molar-refractivity contribution in [2.45, 2.75) is 25.8 Å². The van der Waals surface area contributed by atoms with Gasteiger partial charge in [-0.25, -0.2) is 0 Å². The molecule has 3 heteroatoms. The molecule has 0 aliphatic heterocycles. The van der Waals surface area contributed by atoms with Crippen molar-refractivity contribution in [1.82, 2.24) is 5.32 Å². The van der Waals surface area contributed by atoms with Crippen LogP contribution in [0.1, 0.15) is 25.0 Å². The molecule has 0 atom stereocenters. The van der Waals surface area contributed by atoms with Crippen LogP contribution < -0.4 is 10.6 Å². The Morgan fingerprint density at radius 1 is 1.00 bits per heavy atom. The zero-order valence-corrected chi connectivity index (χ0v) is 12.8. The molecule has 2 aromatic carbocycles. The number of nitrogens with one attached hydrogen (secondary N) is 2. The summed E-state index contributed by atoms with van der Waals surface area (Å²) in [7, 11) is 1.79. The Morgan fingerprint density at radius 3 is 2.29 bits per heavy atom. The summed E-state index contributed by atoms with van der Waals surface area (Å²) in [6.07, 6.45) is 0.803. The van der Waals surface area contributed by atoms with Gasteiger partial charge in [0.15, 0.2) is 0 Å². The van der Waals surface area contributed by atoms with Crippen LogP contribution in [0.15, 0.2) is 54.6 Å². The van der Waals surface area contributed by atoms with Crippen molar-refractivity contribution >= 4 is 11.6 Å². The number of likely N-dealkylation sites (N-methyl/N-ethyl adjacent to an activating group) is 1. The largest absolute Gasteiger partial charge is 0.324 e. The number of hydrogen-bond acceptors (Lipinski definition) is 2. The van der Waals surface area contributed by atoms with Crippen molar-refractivity contribution in [3.05, 3.63) is 65.7 Å². The van der Waals surface area contributed by atoms with Crippen LogP contribution >= 0.6 is 0 Å². The molecule has 2 rings (SSSR count). The maximum Gasteiger partial charge on any atom is 0.244 e. The molecule has 0 aromatic heterocycles. The van der Waals surface area contributed by atoms with Gasteiger partial charge in [-0.05, 0) is 44.5 Å². The van der Waals surface area contributed by atoms with Crippen molar-refractivity contribution in [1.29, 1.82) is 0 Å². The van der Waals surface area contributed by atoms with Crippen LogP contribution in [0.5, 0.6) is 0 Å². The van der Waals surface area contributed by atoms with E-state index in [0.29, 0.717) is 0 Å². The molecule has 1 amide bonds. The second-order valence-electron chi connectivity index (χ2n) is 5.65. The maximum absolute atomic E-state index is 12.3. The predicted molar refractivity (Wildman–Crippen MR) is 87.5 cm³/mol. The lowest BCUT2D eigenvalue weighted by Gasteiger charge is -2.23. The summed E-state index contributed by atoms with van der Waals surface area (Å²) < 4.78 is 0. The molecule has 0 bridgehead atoms. The van der Waals surface area contributed by atoms with Crippen molar-refractivity contribution in [3.63, 3.8) is 0 Å². The number of hydrogen-bond donors (Lipinski definition) is 2. The average Bonchev–Trinajstić information content (AvgIpc) is 2.50. The molecule has 2 aromatic rings. The first-order valence-corrected chi connectivity index (χ1v) is 7.15. The van der Waals surface area contributed by atoms with E-state index < -0.39 is 5.54 Å². The summed E-state index contributed by atoms with van der Waals surface area (Å²) in [4.78, 5) is 12.3. The molecule has 110 valence electrons. The van der Waals surface area contributed by atoms with Crippen LogP contribution in [0.4, 0.5) is 5.69 Å². The zero-order valence-electron chi connectivity index (χ0n) is 12.8. The average molecular weight is 282 g/mol. The van der Waals surface area contributed by atoms with Gasteiger partial charge in [-0.3, -0.25) is 4.79 Å². The first kappa shape index (κ1) is 15.3. The van der Waals surface area contributed by atoms with Crippen LogP contribution in [0.2, 0.25) is 0 Å². The van der Waals surface area contributed by atoms with Crippen LogP contribution in [0.25, 0.3) is 0 Å². The van der Waals surface area contributed by atoms with Crippen molar-refractivity contribution < 1.29 is 4.79 Å². The molecule has 21 heavy (non-hydrogen) atoms. The van der Waals surface area contributed by atoms with Crippen LogP contribution in [0, 0.1) is 0 Å². The first-order chi connectivity index (χ1) is 10.0. The molecule has 0 saturated carbocycles. The molecule has 0 radical (unpaired) electrons. The van der Waals surface area contributed by atoms with Gasteiger partial charge in [0.1, 0.15) is 0 Å². The number of carbonyl (C=O) groups is 1. The molecule has 0 aliphatic carbocycles. The van der Waals surface area contributed by atoms with E-state index in [1.54, 1.807) is 7.05 Å². The molecule has 0 saturated heterocycles. The van der Waals surface area contributed by atoms with E-state index >= 15 is 0 Å². The Morgan fingerprint density at radius 2 is 1.62 bits per heavy atom. The molecule has 0 fully saturated rings. The van der Waals surface area contributed by atoms with Crippen molar-refractivity contribution in [3.8, 4) is 0 Å². The van der Waals surface area contributed by atoms with Gasteiger partial charge in [-0.15, -0.1) is 0 Å². The lowest BCUT2D eigenvalue weighted by atomic mass is 10.0. The van der Waals surface area contributed by atoms with Crippen molar-refractivity contribution in [2.75, 3.05) is 12.4 Å². The highest BCUT2D eigenvalue weighted by Gasteiger charge is 2.25. The highest BCUT2D eigenvalue weighted by atomic mass is 16.2. The van der Waals surface area contributed by atoms with E-state index in [-0.39, 0.29) is 5.91 Å². The van der Waals surface area contributed by atoms with Gasteiger partial charge in [0.05, 0.1) is 5.54 Å². The predicted octanol–water partition coefficient (Wildman–Crippen LogP) is 3.21. The molecule has 2 N–H and O–H groups in total. The number of para-hydroxylation sites is 1. The third kappa shape index (κ3) is 3.92. The third-order valence-corrected chi connectivity index (χ3v) is 3.70. The molecule has 3 nitrogen and oxygen atoms in total. The molecular weight excluding hydrogens is 260 g/mol. The quantitative estimate of drug-likeness (QED) is 0.884. The molecule has 0 unspecified atom stereocenters. The Hall–Kier alpha value is -2.13. The monoisotopic (exact) mass is 282 g/mol. The van der Waals surface area contributed by atoms with Crippen LogP contribution in [-0.2, 0) is 11.2 Å². The second kappa shape index (κ2) is 6.55. The molecule has 0 heterocycles. The van der Waals surface area contributed by atoms with E-state index in [1.807, 2.05) is 50.2 Å². The Bertz CT molecular complexity index is 606. The Balaban J connectivity index is 2.20. The van der Waals surface area contributed by atoms with E-state index in [0.717, 1.165) is 17.7 Å². The van der Waals surface area contributed by atoms with Gasteiger partial charge in [0, 0.05) is 5.69 Å². The van der Waals surface area contributed by atoms with Gasteiger partial charge < -0.3 is 10.6 Å². The second-order valence-corrected chi connectivity index (χ2v) is 5.65. The molecule has 0 spiro atoms. The van der Waals surface area contributed by atoms with Crippen LogP contribution in [-0.4, -0.2) is 18.5 Å².